The summed E-state index contributed by atoms with van der Waals surface area (Å²) in [5.74, 6) is -1.78. The first-order valence-electron chi connectivity index (χ1n) is 13.1. The number of nitrogens with zero attached hydrogens (tertiary/aromatic N) is 5. The summed E-state index contributed by atoms with van der Waals surface area (Å²) in [6, 6.07) is 7.71. The standard InChI is InChI=1S/C27H34F2N6O4S/c1-16(2)18-5-6-21(34-11-17(12-34)14-40(4,37)38)20-10-31-24(9-19(18)20)32-23-7-8-30-26(33-23)35-13-22(36)25(39-3)27(28,29)15-35/h5-10,16-17,22,25,36H,11-15H2,1-4H3,(H,30,31,32,33)/t22-,25-/m1/s1. The largest absolute Gasteiger partial charge is 0.388 e. The average molecular weight is 577 g/mol. The van der Waals surface area contributed by atoms with Crippen LogP contribution in [0.25, 0.3) is 10.8 Å². The highest BCUT2D eigenvalue weighted by atomic mass is 32.2. The summed E-state index contributed by atoms with van der Waals surface area (Å²) >= 11 is 0. The van der Waals surface area contributed by atoms with Gasteiger partial charge in [0.2, 0.25) is 5.95 Å². The van der Waals surface area contributed by atoms with Crippen LogP contribution in [-0.2, 0) is 14.6 Å². The van der Waals surface area contributed by atoms with Gasteiger partial charge in [0.1, 0.15) is 33.7 Å². The second-order valence-electron chi connectivity index (χ2n) is 11.0. The molecule has 2 aliphatic rings. The molecule has 13 heteroatoms. The van der Waals surface area contributed by atoms with Gasteiger partial charge in [0, 0.05) is 62.4 Å². The maximum Gasteiger partial charge on any atom is 0.293 e. The number of hydrogen-bond donors (Lipinski definition) is 2. The normalized spacial score (nSPS) is 21.6. The number of anilines is 4. The summed E-state index contributed by atoms with van der Waals surface area (Å²) in [6.07, 6.45) is 1.54. The van der Waals surface area contributed by atoms with Gasteiger partial charge < -0.3 is 25.0 Å². The predicted octanol–water partition coefficient (Wildman–Crippen LogP) is 3.20. The van der Waals surface area contributed by atoms with Gasteiger partial charge >= 0.3 is 0 Å². The quantitative estimate of drug-likeness (QED) is 0.414. The Morgan fingerprint density at radius 2 is 1.88 bits per heavy atom. The number of rotatable bonds is 8. The lowest BCUT2D eigenvalue weighted by Gasteiger charge is -2.41. The first-order valence-corrected chi connectivity index (χ1v) is 15.2. The molecule has 2 atom stereocenters. The fourth-order valence-electron chi connectivity index (χ4n) is 5.59. The SMILES string of the molecule is CO[C@@H]1[C@H](O)CN(c2nccc(Nc3cc4c(C(C)C)ccc(N5CC(CS(C)(=O)=O)C5)c4cn3)n2)CC1(F)F. The number of piperidine rings is 1. The number of fused-ring (bicyclic) bond motifs is 1. The molecule has 2 aliphatic heterocycles. The number of pyridine rings is 1. The van der Waals surface area contributed by atoms with Crippen LogP contribution in [-0.4, -0.2) is 91.9 Å². The molecule has 10 nitrogen and oxygen atoms in total. The van der Waals surface area contributed by atoms with Gasteiger partial charge in [0.05, 0.1) is 12.3 Å². The topological polar surface area (TPSA) is 121 Å². The fourth-order valence-corrected chi connectivity index (χ4v) is 6.66. The van der Waals surface area contributed by atoms with Gasteiger partial charge in [-0.2, -0.15) is 4.98 Å². The molecule has 0 spiro atoms. The van der Waals surface area contributed by atoms with Crippen molar-refractivity contribution in [2.75, 3.05) is 60.4 Å². The number of benzene rings is 1. The minimum absolute atomic E-state index is 0.0608. The molecule has 2 fully saturated rings. The second kappa shape index (κ2) is 10.7. The highest BCUT2D eigenvalue weighted by Crippen LogP contribution is 2.37. The van der Waals surface area contributed by atoms with E-state index in [4.69, 9.17) is 4.74 Å². The van der Waals surface area contributed by atoms with Crippen LogP contribution in [0, 0.1) is 5.92 Å². The highest BCUT2D eigenvalue weighted by molar-refractivity contribution is 7.90. The van der Waals surface area contributed by atoms with Gasteiger partial charge in [-0.1, -0.05) is 19.9 Å². The summed E-state index contributed by atoms with van der Waals surface area (Å²) in [7, 11) is -1.87. The number of sulfone groups is 1. The van der Waals surface area contributed by atoms with Crippen LogP contribution in [0.15, 0.2) is 36.7 Å². The molecule has 216 valence electrons. The number of β-amino-alcohol motifs (C(OH)–C–C–N with tert-alkyl or cyclic N) is 1. The summed E-state index contributed by atoms with van der Waals surface area (Å²) in [6.45, 7) is 4.80. The van der Waals surface area contributed by atoms with Crippen molar-refractivity contribution in [1.29, 1.82) is 0 Å². The van der Waals surface area contributed by atoms with Crippen molar-refractivity contribution < 1.29 is 27.0 Å². The smallest absolute Gasteiger partial charge is 0.293 e. The molecule has 1 aromatic carbocycles. The molecule has 3 aromatic rings. The second-order valence-corrected chi connectivity index (χ2v) is 13.2. The zero-order chi connectivity index (χ0) is 28.8. The third kappa shape index (κ3) is 5.81. The molecule has 5 rings (SSSR count). The van der Waals surface area contributed by atoms with Gasteiger partial charge in [0.15, 0.2) is 0 Å². The molecule has 2 aromatic heterocycles. The van der Waals surface area contributed by atoms with E-state index in [2.05, 4.69) is 51.1 Å². The van der Waals surface area contributed by atoms with E-state index < -0.39 is 34.5 Å². The number of aliphatic hydroxyl groups is 1. The molecule has 2 saturated heterocycles. The van der Waals surface area contributed by atoms with E-state index in [0.29, 0.717) is 24.7 Å². The van der Waals surface area contributed by atoms with Crippen molar-refractivity contribution in [2.24, 2.45) is 5.92 Å². The minimum atomic E-state index is -3.27. The van der Waals surface area contributed by atoms with E-state index in [9.17, 15) is 22.3 Å². The van der Waals surface area contributed by atoms with Crippen LogP contribution in [0.2, 0.25) is 0 Å². The van der Waals surface area contributed by atoms with E-state index in [1.165, 1.54) is 17.4 Å². The number of hydrogen-bond acceptors (Lipinski definition) is 10. The number of aliphatic hydroxyl groups excluding tert-OH is 1. The molecule has 0 radical (unpaired) electrons. The Labute approximate surface area is 232 Å². The monoisotopic (exact) mass is 576 g/mol. The third-order valence-corrected chi connectivity index (χ3v) is 8.46. The molecule has 0 aliphatic carbocycles. The number of alkyl halides is 2. The van der Waals surface area contributed by atoms with Crippen LogP contribution in [0.4, 0.5) is 32.1 Å². The van der Waals surface area contributed by atoms with Crippen LogP contribution in [0.5, 0.6) is 0 Å². The van der Waals surface area contributed by atoms with Gasteiger partial charge in [-0.05, 0) is 35.1 Å². The van der Waals surface area contributed by atoms with Crippen molar-refractivity contribution >= 4 is 43.9 Å². The minimum Gasteiger partial charge on any atom is -0.388 e. The number of methoxy groups -OCH3 is 1. The molecule has 40 heavy (non-hydrogen) atoms. The van der Waals surface area contributed by atoms with Crippen LogP contribution in [0.1, 0.15) is 25.3 Å². The number of nitrogens with one attached hydrogen (secondary N) is 1. The molecule has 0 amide bonds. The molecule has 0 unspecified atom stereocenters. The van der Waals surface area contributed by atoms with E-state index in [1.807, 2.05) is 6.07 Å². The molecule has 0 bridgehead atoms. The van der Waals surface area contributed by atoms with Crippen molar-refractivity contribution in [2.45, 2.75) is 37.9 Å². The molecule has 4 heterocycles. The van der Waals surface area contributed by atoms with Gasteiger partial charge in [-0.3, -0.25) is 0 Å². The van der Waals surface area contributed by atoms with E-state index in [1.54, 1.807) is 12.3 Å². The summed E-state index contributed by atoms with van der Waals surface area (Å²) in [4.78, 5) is 16.6. The summed E-state index contributed by atoms with van der Waals surface area (Å²) < 4.78 is 57.2. The van der Waals surface area contributed by atoms with Gasteiger partial charge in [-0.15, -0.1) is 0 Å². The van der Waals surface area contributed by atoms with Crippen LogP contribution in [0.3, 0.4) is 0 Å². The average Bonchev–Trinajstić information content (AvgIpc) is 2.84. The number of ether oxygens (including phenoxy) is 1. The zero-order valence-electron chi connectivity index (χ0n) is 22.9. The first-order chi connectivity index (χ1) is 18.8. The highest BCUT2D eigenvalue weighted by Gasteiger charge is 2.50. The van der Waals surface area contributed by atoms with Gasteiger partial charge in [-0.25, -0.2) is 27.2 Å². The van der Waals surface area contributed by atoms with Crippen molar-refractivity contribution in [3.05, 3.63) is 42.2 Å². The Bertz CT molecular complexity index is 1500. The maximum absolute atomic E-state index is 14.5. The summed E-state index contributed by atoms with van der Waals surface area (Å²) in [5, 5.41) is 15.3. The first kappa shape index (κ1) is 28.4. The van der Waals surface area contributed by atoms with Crippen LogP contribution < -0.4 is 15.1 Å². The van der Waals surface area contributed by atoms with Crippen molar-refractivity contribution in [3.63, 3.8) is 0 Å². The number of halogens is 2. The third-order valence-electron chi connectivity index (χ3n) is 7.38. The Morgan fingerprint density at radius 3 is 2.52 bits per heavy atom. The maximum atomic E-state index is 14.5. The molecular weight excluding hydrogens is 542 g/mol. The Balaban J connectivity index is 1.39. The van der Waals surface area contributed by atoms with Crippen LogP contribution >= 0.6 is 0 Å². The molecular formula is C27H34F2N6O4S. The Morgan fingerprint density at radius 1 is 1.12 bits per heavy atom. The molecule has 0 saturated carbocycles. The van der Waals surface area contributed by atoms with Gasteiger partial charge in [0.25, 0.3) is 5.92 Å². The Hall–Kier alpha value is -3.16. The van der Waals surface area contributed by atoms with E-state index in [-0.39, 0.29) is 30.1 Å². The van der Waals surface area contributed by atoms with Crippen molar-refractivity contribution in [1.82, 2.24) is 15.0 Å². The lowest BCUT2D eigenvalue weighted by molar-refractivity contribution is -0.171. The number of aromatic nitrogens is 3. The lowest BCUT2D eigenvalue weighted by Crippen LogP contribution is -2.60. The molecule has 2 N–H and O–H groups in total. The Kier molecular flexibility index (Phi) is 7.57. The predicted molar refractivity (Wildman–Crippen MR) is 151 cm³/mol. The van der Waals surface area contributed by atoms with E-state index >= 15 is 0 Å². The zero-order valence-corrected chi connectivity index (χ0v) is 23.7. The summed E-state index contributed by atoms with van der Waals surface area (Å²) in [5.41, 5.74) is 2.14. The van der Waals surface area contributed by atoms with E-state index in [0.717, 1.165) is 29.1 Å². The lowest BCUT2D eigenvalue weighted by atomic mass is 9.93. The van der Waals surface area contributed by atoms with Crippen molar-refractivity contribution in [3.8, 4) is 0 Å². The fraction of sp³-hybridized carbons (Fsp3) is 0.519.